The molecule has 1 heterocycles. The predicted molar refractivity (Wildman–Crippen MR) is 93.2 cm³/mol. The molecule has 118 valence electrons. The van der Waals surface area contributed by atoms with Gasteiger partial charge < -0.3 is 4.90 Å². The van der Waals surface area contributed by atoms with Gasteiger partial charge in [-0.2, -0.15) is 0 Å². The van der Waals surface area contributed by atoms with Gasteiger partial charge in [0.25, 0.3) is 0 Å². The van der Waals surface area contributed by atoms with Gasteiger partial charge in [-0.05, 0) is 5.56 Å². The van der Waals surface area contributed by atoms with E-state index in [2.05, 4.69) is 40.1 Å². The first-order chi connectivity index (χ1) is 11.3. The van der Waals surface area contributed by atoms with Gasteiger partial charge in [0, 0.05) is 50.6 Å². The topological polar surface area (TPSA) is 23.6 Å². The van der Waals surface area contributed by atoms with Crippen LogP contribution in [0.3, 0.4) is 0 Å². The van der Waals surface area contributed by atoms with Crippen molar-refractivity contribution in [2.45, 2.75) is 6.54 Å². The molecule has 1 saturated heterocycles. The van der Waals surface area contributed by atoms with Gasteiger partial charge in [-0.1, -0.05) is 60.7 Å². The first-order valence-electron chi connectivity index (χ1n) is 8.09. The minimum Gasteiger partial charge on any atom is -0.375 e. The molecule has 2 aromatic carbocycles. The molecular weight excluding hydrogens is 284 g/mol. The lowest BCUT2D eigenvalue weighted by Crippen LogP contribution is -2.43. The Labute approximate surface area is 137 Å². The van der Waals surface area contributed by atoms with E-state index in [9.17, 15) is 4.79 Å². The van der Waals surface area contributed by atoms with Gasteiger partial charge in [0.05, 0.1) is 0 Å². The fraction of sp³-hybridized carbons (Fsp3) is 0.250. The second kappa shape index (κ2) is 7.75. The zero-order chi connectivity index (χ0) is 15.9. The number of allylic oxidation sites excluding steroid dienone is 1. The molecule has 1 fully saturated rings. The third-order valence-corrected chi connectivity index (χ3v) is 4.15. The Morgan fingerprint density at radius 3 is 2.13 bits per heavy atom. The summed E-state index contributed by atoms with van der Waals surface area (Å²) in [6, 6.07) is 20.0. The van der Waals surface area contributed by atoms with Crippen LogP contribution in [0.5, 0.6) is 0 Å². The molecule has 0 bridgehead atoms. The molecule has 0 aliphatic carbocycles. The van der Waals surface area contributed by atoms with Crippen LogP contribution in [0.2, 0.25) is 0 Å². The number of piperazine rings is 1. The van der Waals surface area contributed by atoms with Crippen LogP contribution in [-0.2, 0) is 6.54 Å². The van der Waals surface area contributed by atoms with Gasteiger partial charge in [-0.25, -0.2) is 0 Å². The van der Waals surface area contributed by atoms with Gasteiger partial charge in [-0.3, -0.25) is 9.69 Å². The summed E-state index contributed by atoms with van der Waals surface area (Å²) in [7, 11) is 0. The standard InChI is InChI=1S/C20H22N2O/c23-20(19-9-5-2-6-10-19)11-12-21-13-15-22(16-14-21)17-18-7-3-1-4-8-18/h1-12H,13-17H2. The summed E-state index contributed by atoms with van der Waals surface area (Å²) in [5, 5.41) is 0. The highest BCUT2D eigenvalue weighted by Gasteiger charge is 2.14. The molecule has 0 aromatic heterocycles. The third-order valence-electron chi connectivity index (χ3n) is 4.15. The number of ketones is 1. The lowest BCUT2D eigenvalue weighted by molar-refractivity contribution is 0.104. The summed E-state index contributed by atoms with van der Waals surface area (Å²) < 4.78 is 0. The SMILES string of the molecule is O=C(C=CN1CCN(Cc2ccccc2)CC1)c1ccccc1. The van der Waals surface area contributed by atoms with Crippen molar-refractivity contribution in [1.29, 1.82) is 0 Å². The Morgan fingerprint density at radius 1 is 0.870 bits per heavy atom. The lowest BCUT2D eigenvalue weighted by Gasteiger charge is -2.34. The number of nitrogens with zero attached hydrogens (tertiary/aromatic N) is 2. The lowest BCUT2D eigenvalue weighted by atomic mass is 10.1. The van der Waals surface area contributed by atoms with E-state index in [4.69, 9.17) is 0 Å². The van der Waals surface area contributed by atoms with E-state index in [-0.39, 0.29) is 5.78 Å². The highest BCUT2D eigenvalue weighted by atomic mass is 16.1. The average molecular weight is 306 g/mol. The van der Waals surface area contributed by atoms with Crippen molar-refractivity contribution in [1.82, 2.24) is 9.80 Å². The Kier molecular flexibility index (Phi) is 5.22. The van der Waals surface area contributed by atoms with E-state index in [1.165, 1.54) is 5.56 Å². The maximum atomic E-state index is 12.1. The fourth-order valence-electron chi connectivity index (χ4n) is 2.78. The molecule has 0 atom stereocenters. The maximum Gasteiger partial charge on any atom is 0.187 e. The van der Waals surface area contributed by atoms with E-state index < -0.39 is 0 Å². The molecule has 0 amide bonds. The predicted octanol–water partition coefficient (Wildman–Crippen LogP) is 3.20. The van der Waals surface area contributed by atoms with E-state index in [0.717, 1.165) is 38.3 Å². The van der Waals surface area contributed by atoms with Gasteiger partial charge >= 0.3 is 0 Å². The minimum absolute atomic E-state index is 0.0670. The van der Waals surface area contributed by atoms with E-state index in [1.807, 2.05) is 36.5 Å². The Bertz CT molecular complexity index is 644. The quantitative estimate of drug-likeness (QED) is 0.626. The van der Waals surface area contributed by atoms with Crippen molar-refractivity contribution in [3.8, 4) is 0 Å². The van der Waals surface area contributed by atoms with E-state index >= 15 is 0 Å². The highest BCUT2D eigenvalue weighted by molar-refractivity contribution is 6.04. The van der Waals surface area contributed by atoms with Gasteiger partial charge in [0.1, 0.15) is 0 Å². The summed E-state index contributed by atoms with van der Waals surface area (Å²) in [4.78, 5) is 16.8. The summed E-state index contributed by atoms with van der Waals surface area (Å²) in [5.74, 6) is 0.0670. The van der Waals surface area contributed by atoms with Crippen molar-refractivity contribution < 1.29 is 4.79 Å². The monoisotopic (exact) mass is 306 g/mol. The van der Waals surface area contributed by atoms with Crippen LogP contribution >= 0.6 is 0 Å². The molecule has 0 saturated carbocycles. The number of hydrogen-bond acceptors (Lipinski definition) is 3. The van der Waals surface area contributed by atoms with Gasteiger partial charge in [0.2, 0.25) is 0 Å². The van der Waals surface area contributed by atoms with Crippen molar-refractivity contribution in [2.75, 3.05) is 26.2 Å². The Balaban J connectivity index is 1.47. The molecule has 3 nitrogen and oxygen atoms in total. The number of rotatable bonds is 5. The molecule has 2 aromatic rings. The summed E-state index contributed by atoms with van der Waals surface area (Å²) in [6.45, 7) is 4.98. The largest absolute Gasteiger partial charge is 0.375 e. The molecular formula is C20H22N2O. The molecule has 0 N–H and O–H groups in total. The summed E-state index contributed by atoms with van der Waals surface area (Å²) >= 11 is 0. The normalized spacial score (nSPS) is 15.9. The molecule has 1 aliphatic heterocycles. The van der Waals surface area contributed by atoms with Crippen molar-refractivity contribution >= 4 is 5.78 Å². The third kappa shape index (κ3) is 4.54. The van der Waals surface area contributed by atoms with Crippen LogP contribution < -0.4 is 0 Å². The molecule has 0 spiro atoms. The number of benzene rings is 2. The first-order valence-corrected chi connectivity index (χ1v) is 8.09. The average Bonchev–Trinajstić information content (AvgIpc) is 2.62. The smallest absolute Gasteiger partial charge is 0.187 e. The van der Waals surface area contributed by atoms with Crippen molar-refractivity contribution in [3.63, 3.8) is 0 Å². The van der Waals surface area contributed by atoms with Crippen LogP contribution in [0.25, 0.3) is 0 Å². The molecule has 1 aliphatic rings. The van der Waals surface area contributed by atoms with Crippen LogP contribution in [-0.4, -0.2) is 41.8 Å². The molecule has 0 radical (unpaired) electrons. The number of hydrogen-bond donors (Lipinski definition) is 0. The molecule has 3 rings (SSSR count). The highest BCUT2D eigenvalue weighted by Crippen LogP contribution is 2.09. The van der Waals surface area contributed by atoms with Crippen LogP contribution in [0.4, 0.5) is 0 Å². The molecule has 3 heteroatoms. The zero-order valence-corrected chi connectivity index (χ0v) is 13.3. The number of carbonyl (C=O) groups is 1. The second-order valence-corrected chi connectivity index (χ2v) is 5.84. The van der Waals surface area contributed by atoms with Crippen LogP contribution in [0.15, 0.2) is 72.9 Å². The number of carbonyl (C=O) groups excluding carboxylic acids is 1. The molecule has 23 heavy (non-hydrogen) atoms. The van der Waals surface area contributed by atoms with E-state index in [1.54, 1.807) is 6.08 Å². The van der Waals surface area contributed by atoms with Gasteiger partial charge in [0.15, 0.2) is 5.78 Å². The maximum absolute atomic E-state index is 12.1. The van der Waals surface area contributed by atoms with Crippen LogP contribution in [0, 0.1) is 0 Å². The Hall–Kier alpha value is -2.39. The Morgan fingerprint density at radius 2 is 1.48 bits per heavy atom. The zero-order valence-electron chi connectivity index (χ0n) is 13.3. The van der Waals surface area contributed by atoms with Gasteiger partial charge in [-0.15, -0.1) is 0 Å². The summed E-state index contributed by atoms with van der Waals surface area (Å²) in [5.41, 5.74) is 2.10. The van der Waals surface area contributed by atoms with Crippen LogP contribution in [0.1, 0.15) is 15.9 Å². The van der Waals surface area contributed by atoms with Crippen molar-refractivity contribution in [2.24, 2.45) is 0 Å². The first kappa shape index (κ1) is 15.5. The summed E-state index contributed by atoms with van der Waals surface area (Å²) in [6.07, 6.45) is 3.62. The van der Waals surface area contributed by atoms with E-state index in [0.29, 0.717) is 0 Å². The minimum atomic E-state index is 0.0670. The fourth-order valence-corrected chi connectivity index (χ4v) is 2.78. The second-order valence-electron chi connectivity index (χ2n) is 5.84. The van der Waals surface area contributed by atoms with Crippen molar-refractivity contribution in [3.05, 3.63) is 84.1 Å². The molecule has 0 unspecified atom stereocenters.